The lowest BCUT2D eigenvalue weighted by Gasteiger charge is -2.28. The first-order valence-corrected chi connectivity index (χ1v) is 8.72. The second-order valence-corrected chi connectivity index (χ2v) is 6.73. The standard InChI is InChI=1S/C19H20BrNO2/c1-14(23-17-11-9-16(20)10-12-17)19(22)21-13-5-8-18(21)15-6-3-2-4-7-15/h2-4,6-7,9-12,14,18H,5,8,13H2,1H3/t14-,18-/m0/s1. The summed E-state index contributed by atoms with van der Waals surface area (Å²) in [7, 11) is 0. The van der Waals surface area contributed by atoms with Crippen LogP contribution in [0.4, 0.5) is 0 Å². The Balaban J connectivity index is 1.70. The molecule has 3 nitrogen and oxygen atoms in total. The quantitative estimate of drug-likeness (QED) is 0.784. The van der Waals surface area contributed by atoms with Crippen LogP contribution in [0, 0.1) is 0 Å². The van der Waals surface area contributed by atoms with Gasteiger partial charge in [-0.2, -0.15) is 0 Å². The predicted octanol–water partition coefficient (Wildman–Crippen LogP) is 4.58. The Morgan fingerprint density at radius 2 is 1.87 bits per heavy atom. The fourth-order valence-electron chi connectivity index (χ4n) is 3.05. The van der Waals surface area contributed by atoms with Gasteiger partial charge in [-0.05, 0) is 49.6 Å². The molecule has 1 aliphatic heterocycles. The van der Waals surface area contributed by atoms with Crippen molar-refractivity contribution in [2.45, 2.75) is 31.9 Å². The Hall–Kier alpha value is -1.81. The summed E-state index contributed by atoms with van der Waals surface area (Å²) < 4.78 is 6.81. The average Bonchev–Trinajstić information content (AvgIpc) is 3.06. The monoisotopic (exact) mass is 373 g/mol. The molecule has 1 heterocycles. The molecule has 0 spiro atoms. The molecule has 2 atom stereocenters. The molecule has 23 heavy (non-hydrogen) atoms. The third-order valence-electron chi connectivity index (χ3n) is 4.19. The summed E-state index contributed by atoms with van der Waals surface area (Å²) >= 11 is 3.40. The first kappa shape index (κ1) is 16.1. The van der Waals surface area contributed by atoms with E-state index in [2.05, 4.69) is 28.1 Å². The second-order valence-electron chi connectivity index (χ2n) is 5.81. The molecule has 120 valence electrons. The molecule has 0 unspecified atom stereocenters. The van der Waals surface area contributed by atoms with E-state index in [4.69, 9.17) is 4.74 Å². The maximum absolute atomic E-state index is 12.8. The van der Waals surface area contributed by atoms with E-state index in [1.54, 1.807) is 0 Å². The number of benzene rings is 2. The number of halogens is 1. The van der Waals surface area contributed by atoms with Gasteiger partial charge in [0.15, 0.2) is 6.10 Å². The van der Waals surface area contributed by atoms with Crippen molar-refractivity contribution < 1.29 is 9.53 Å². The van der Waals surface area contributed by atoms with E-state index in [9.17, 15) is 4.79 Å². The first-order valence-electron chi connectivity index (χ1n) is 7.93. The third-order valence-corrected chi connectivity index (χ3v) is 4.72. The van der Waals surface area contributed by atoms with Gasteiger partial charge in [0.05, 0.1) is 6.04 Å². The van der Waals surface area contributed by atoms with Crippen LogP contribution in [0.2, 0.25) is 0 Å². The van der Waals surface area contributed by atoms with Crippen molar-refractivity contribution in [2.75, 3.05) is 6.54 Å². The number of rotatable bonds is 4. The van der Waals surface area contributed by atoms with Gasteiger partial charge in [0.2, 0.25) is 0 Å². The van der Waals surface area contributed by atoms with Gasteiger partial charge in [-0.1, -0.05) is 46.3 Å². The Morgan fingerprint density at radius 3 is 2.57 bits per heavy atom. The fraction of sp³-hybridized carbons (Fsp3) is 0.316. The molecule has 1 fully saturated rings. The van der Waals surface area contributed by atoms with Crippen molar-refractivity contribution in [1.82, 2.24) is 4.90 Å². The molecule has 0 aromatic heterocycles. The number of ether oxygens (including phenoxy) is 1. The van der Waals surface area contributed by atoms with E-state index >= 15 is 0 Å². The molecule has 2 aromatic carbocycles. The van der Waals surface area contributed by atoms with Crippen LogP contribution < -0.4 is 4.74 Å². The van der Waals surface area contributed by atoms with Crippen molar-refractivity contribution >= 4 is 21.8 Å². The zero-order valence-corrected chi connectivity index (χ0v) is 14.7. The first-order chi connectivity index (χ1) is 11.1. The van der Waals surface area contributed by atoms with E-state index in [0.717, 1.165) is 23.9 Å². The van der Waals surface area contributed by atoms with E-state index in [0.29, 0.717) is 5.75 Å². The molecule has 0 radical (unpaired) electrons. The molecule has 0 N–H and O–H groups in total. The van der Waals surface area contributed by atoms with Crippen LogP contribution in [0.5, 0.6) is 5.75 Å². The fourth-order valence-corrected chi connectivity index (χ4v) is 3.32. The van der Waals surface area contributed by atoms with E-state index in [-0.39, 0.29) is 11.9 Å². The summed E-state index contributed by atoms with van der Waals surface area (Å²) in [6, 6.07) is 18.0. The van der Waals surface area contributed by atoms with Crippen LogP contribution in [-0.4, -0.2) is 23.5 Å². The van der Waals surface area contributed by atoms with Crippen LogP contribution in [0.1, 0.15) is 31.4 Å². The summed E-state index contributed by atoms with van der Waals surface area (Å²) in [5.74, 6) is 0.767. The van der Waals surface area contributed by atoms with Gasteiger partial charge in [-0.3, -0.25) is 4.79 Å². The Labute approximate surface area is 145 Å². The maximum atomic E-state index is 12.8. The minimum Gasteiger partial charge on any atom is -0.481 e. The van der Waals surface area contributed by atoms with Crippen molar-refractivity contribution in [3.63, 3.8) is 0 Å². The van der Waals surface area contributed by atoms with Crippen LogP contribution in [0.3, 0.4) is 0 Å². The minimum atomic E-state index is -0.486. The molecule has 1 aliphatic rings. The van der Waals surface area contributed by atoms with Gasteiger partial charge in [0, 0.05) is 11.0 Å². The lowest BCUT2D eigenvalue weighted by atomic mass is 10.0. The van der Waals surface area contributed by atoms with Crippen LogP contribution >= 0.6 is 15.9 Å². The molecular weight excluding hydrogens is 354 g/mol. The SMILES string of the molecule is C[C@H](Oc1ccc(Br)cc1)C(=O)N1CCC[C@H]1c1ccccc1. The zero-order chi connectivity index (χ0) is 16.2. The summed E-state index contributed by atoms with van der Waals surface area (Å²) in [6.07, 6.45) is 1.57. The number of carbonyl (C=O) groups is 1. The lowest BCUT2D eigenvalue weighted by molar-refractivity contribution is -0.138. The highest BCUT2D eigenvalue weighted by Crippen LogP contribution is 2.32. The molecule has 3 rings (SSSR count). The van der Waals surface area contributed by atoms with Crippen LogP contribution in [0.25, 0.3) is 0 Å². The molecule has 0 bridgehead atoms. The van der Waals surface area contributed by atoms with Crippen LogP contribution in [0.15, 0.2) is 59.1 Å². The zero-order valence-electron chi connectivity index (χ0n) is 13.1. The van der Waals surface area contributed by atoms with Crippen molar-refractivity contribution in [1.29, 1.82) is 0 Å². The molecular formula is C19H20BrNO2. The highest BCUT2D eigenvalue weighted by Gasteiger charge is 2.33. The lowest BCUT2D eigenvalue weighted by Crippen LogP contribution is -2.40. The molecule has 0 saturated carbocycles. The number of likely N-dealkylation sites (tertiary alicyclic amines) is 1. The Bertz CT molecular complexity index is 657. The van der Waals surface area contributed by atoms with E-state index in [1.807, 2.05) is 54.3 Å². The van der Waals surface area contributed by atoms with Crippen molar-refractivity contribution in [3.05, 3.63) is 64.6 Å². The van der Waals surface area contributed by atoms with Gasteiger partial charge in [0.25, 0.3) is 5.91 Å². The number of hydrogen-bond acceptors (Lipinski definition) is 2. The van der Waals surface area contributed by atoms with Crippen LogP contribution in [-0.2, 0) is 4.79 Å². The number of hydrogen-bond donors (Lipinski definition) is 0. The molecule has 1 saturated heterocycles. The Morgan fingerprint density at radius 1 is 1.17 bits per heavy atom. The summed E-state index contributed by atoms with van der Waals surface area (Å²) in [5.41, 5.74) is 1.20. The Kier molecular flexibility index (Phi) is 5.01. The highest BCUT2D eigenvalue weighted by molar-refractivity contribution is 9.10. The molecule has 0 aliphatic carbocycles. The van der Waals surface area contributed by atoms with Gasteiger partial charge < -0.3 is 9.64 Å². The largest absolute Gasteiger partial charge is 0.481 e. The van der Waals surface area contributed by atoms with Gasteiger partial charge in [-0.25, -0.2) is 0 Å². The smallest absolute Gasteiger partial charge is 0.263 e. The maximum Gasteiger partial charge on any atom is 0.263 e. The molecule has 1 amide bonds. The topological polar surface area (TPSA) is 29.5 Å². The van der Waals surface area contributed by atoms with E-state index < -0.39 is 6.10 Å². The van der Waals surface area contributed by atoms with Gasteiger partial charge >= 0.3 is 0 Å². The second kappa shape index (κ2) is 7.18. The normalized spacial score (nSPS) is 18.7. The highest BCUT2D eigenvalue weighted by atomic mass is 79.9. The minimum absolute atomic E-state index is 0.0549. The predicted molar refractivity (Wildman–Crippen MR) is 94.4 cm³/mol. The van der Waals surface area contributed by atoms with Gasteiger partial charge in [0.1, 0.15) is 5.75 Å². The molecule has 4 heteroatoms. The van der Waals surface area contributed by atoms with Crippen molar-refractivity contribution in [2.24, 2.45) is 0 Å². The average molecular weight is 374 g/mol. The summed E-state index contributed by atoms with van der Waals surface area (Å²) in [6.45, 7) is 2.62. The molecule has 2 aromatic rings. The number of carbonyl (C=O) groups excluding carboxylic acids is 1. The number of nitrogens with zero attached hydrogens (tertiary/aromatic N) is 1. The van der Waals surface area contributed by atoms with E-state index in [1.165, 1.54) is 5.56 Å². The van der Waals surface area contributed by atoms with Crippen molar-refractivity contribution in [3.8, 4) is 5.75 Å². The summed E-state index contributed by atoms with van der Waals surface area (Å²) in [5, 5.41) is 0. The van der Waals surface area contributed by atoms with Gasteiger partial charge in [-0.15, -0.1) is 0 Å². The third kappa shape index (κ3) is 3.75. The summed E-state index contributed by atoms with van der Waals surface area (Å²) in [4.78, 5) is 14.7. The number of amides is 1.